The Morgan fingerprint density at radius 1 is 0.932 bits per heavy atom. The molecule has 0 aliphatic carbocycles. The van der Waals surface area contributed by atoms with Crippen molar-refractivity contribution in [2.45, 2.75) is 66.7 Å². The van der Waals surface area contributed by atoms with Crippen LogP contribution in [-0.2, 0) is 32.3 Å². The molecule has 0 heterocycles. The molecule has 0 spiro atoms. The van der Waals surface area contributed by atoms with Crippen molar-refractivity contribution in [2.75, 3.05) is 27.2 Å². The van der Waals surface area contributed by atoms with Crippen LogP contribution in [0.1, 0.15) is 70.2 Å². The lowest BCUT2D eigenvalue weighted by Gasteiger charge is -2.29. The highest BCUT2D eigenvalue weighted by atomic mass is 35.5. The van der Waals surface area contributed by atoms with Crippen LogP contribution in [0, 0.1) is 11.3 Å². The Morgan fingerprint density at radius 3 is 2.11 bits per heavy atom. The zero-order chi connectivity index (χ0) is 33.2. The largest absolute Gasteiger partial charge is 0.459 e. The summed E-state index contributed by atoms with van der Waals surface area (Å²) in [6.07, 6.45) is 0.547. The van der Waals surface area contributed by atoms with Crippen molar-refractivity contribution >= 4 is 35.2 Å². The number of ether oxygens (including phenoxy) is 1. The number of carbonyl (C=O) groups is 2. The maximum absolute atomic E-state index is 13.2. The Labute approximate surface area is 265 Å². The second-order valence-electron chi connectivity index (χ2n) is 13.1. The number of oxime groups is 2. The van der Waals surface area contributed by atoms with Gasteiger partial charge in [0.1, 0.15) is 5.60 Å². The van der Waals surface area contributed by atoms with Gasteiger partial charge in [-0.25, -0.2) is 4.79 Å². The summed E-state index contributed by atoms with van der Waals surface area (Å²) in [6.45, 7) is 13.1. The highest BCUT2D eigenvalue weighted by molar-refractivity contribution is 6.31. The van der Waals surface area contributed by atoms with Crippen molar-refractivity contribution < 1.29 is 24.4 Å². The minimum atomic E-state index is -0.569. The minimum absolute atomic E-state index is 0.0335. The van der Waals surface area contributed by atoms with Gasteiger partial charge in [0, 0.05) is 29.2 Å². The molecule has 0 aliphatic heterocycles. The van der Waals surface area contributed by atoms with Crippen LogP contribution in [-0.4, -0.2) is 71.4 Å². The van der Waals surface area contributed by atoms with E-state index in [0.29, 0.717) is 42.2 Å². The third-order valence-corrected chi connectivity index (χ3v) is 7.14. The van der Waals surface area contributed by atoms with Crippen LogP contribution in [0.25, 0.3) is 0 Å². The van der Waals surface area contributed by atoms with Crippen LogP contribution in [0.5, 0.6) is 0 Å². The number of nitrogens with two attached hydrogens (primary N) is 2. The van der Waals surface area contributed by atoms with Gasteiger partial charge in [0.25, 0.3) is 0 Å². The zero-order valence-corrected chi connectivity index (χ0v) is 27.8. The van der Waals surface area contributed by atoms with Gasteiger partial charge >= 0.3 is 11.9 Å². The second kappa shape index (κ2) is 15.9. The Morgan fingerprint density at radius 2 is 1.55 bits per heavy atom. The molecule has 0 fully saturated rings. The third kappa shape index (κ3) is 12.1. The molecule has 11 nitrogen and oxygen atoms in total. The summed E-state index contributed by atoms with van der Waals surface area (Å²) in [5.74, 6) is -1.16. The third-order valence-electron chi connectivity index (χ3n) is 6.77. The van der Waals surface area contributed by atoms with Gasteiger partial charge in [-0.15, -0.1) is 0 Å². The molecule has 1 atom stereocenters. The van der Waals surface area contributed by atoms with Gasteiger partial charge in [0.2, 0.25) is 0 Å². The van der Waals surface area contributed by atoms with Crippen LogP contribution >= 0.6 is 11.6 Å². The number of hydrogen-bond acceptors (Lipinski definition) is 9. The van der Waals surface area contributed by atoms with Gasteiger partial charge in [-0.05, 0) is 82.6 Å². The number of nitrogens with zero attached hydrogens (tertiary/aromatic N) is 4. The molecular formula is C32H47ClN6O5. The standard InChI is InChI=1S/C32H47ClN6O5/c1-31(2,3)25(15-16-38(7)18-21-9-11-22(12-10-21)28(34)36-42)30(41)44-37-29(35)23-13-14-26(33)24(17-23)19-39(8)20-27(40)43-32(4,5)6/h9-14,17,25,42H,15-16,18-20H2,1-8H3,(H2,34,36)(H2,35,37). The highest BCUT2D eigenvalue weighted by Crippen LogP contribution is 2.30. The van der Waals surface area contributed by atoms with Gasteiger partial charge in [-0.3, -0.25) is 9.69 Å². The summed E-state index contributed by atoms with van der Waals surface area (Å²) < 4.78 is 5.39. The smallest absolute Gasteiger partial charge is 0.338 e. The van der Waals surface area contributed by atoms with E-state index in [1.165, 1.54) is 0 Å². The van der Waals surface area contributed by atoms with Crippen LogP contribution in [0.4, 0.5) is 0 Å². The summed E-state index contributed by atoms with van der Waals surface area (Å²) in [5, 5.41) is 16.3. The number of halogens is 1. The first-order chi connectivity index (χ1) is 20.4. The van der Waals surface area contributed by atoms with E-state index in [9.17, 15) is 9.59 Å². The molecule has 5 N–H and O–H groups in total. The monoisotopic (exact) mass is 630 g/mol. The van der Waals surface area contributed by atoms with Crippen molar-refractivity contribution in [1.29, 1.82) is 0 Å². The Balaban J connectivity index is 2.03. The molecular weight excluding hydrogens is 584 g/mol. The van der Waals surface area contributed by atoms with E-state index in [1.54, 1.807) is 42.3 Å². The number of benzene rings is 2. The summed E-state index contributed by atoms with van der Waals surface area (Å²) >= 11 is 6.41. The fourth-order valence-electron chi connectivity index (χ4n) is 4.49. The summed E-state index contributed by atoms with van der Waals surface area (Å²) in [6, 6.07) is 12.6. The molecule has 0 aromatic heterocycles. The average Bonchev–Trinajstić information content (AvgIpc) is 2.91. The lowest BCUT2D eigenvalue weighted by Crippen LogP contribution is -2.33. The molecule has 2 aromatic carbocycles. The fourth-order valence-corrected chi connectivity index (χ4v) is 4.67. The Hall–Kier alpha value is -3.67. The topological polar surface area (TPSA) is 156 Å². The van der Waals surface area contributed by atoms with Gasteiger partial charge in [-0.1, -0.05) is 66.9 Å². The molecule has 12 heteroatoms. The summed E-state index contributed by atoms with van der Waals surface area (Å²) in [5.41, 5.74) is 13.8. The molecule has 0 amide bonds. The first-order valence-electron chi connectivity index (χ1n) is 14.4. The van der Waals surface area contributed by atoms with E-state index in [4.69, 9.17) is 37.8 Å². The minimum Gasteiger partial charge on any atom is -0.459 e. The molecule has 242 valence electrons. The maximum atomic E-state index is 13.2. The fraction of sp³-hybridized carbons (Fsp3) is 0.500. The average molecular weight is 631 g/mol. The molecule has 1 unspecified atom stereocenters. The number of hydrogen-bond donors (Lipinski definition) is 3. The molecule has 2 rings (SSSR count). The van der Waals surface area contributed by atoms with Gasteiger partial charge < -0.3 is 31.1 Å². The molecule has 0 radical (unpaired) electrons. The van der Waals surface area contributed by atoms with E-state index < -0.39 is 17.5 Å². The number of rotatable bonds is 13. The number of esters is 1. The van der Waals surface area contributed by atoms with Crippen molar-refractivity contribution in [1.82, 2.24) is 9.80 Å². The van der Waals surface area contributed by atoms with Crippen LogP contribution in [0.2, 0.25) is 5.02 Å². The predicted octanol–water partition coefficient (Wildman–Crippen LogP) is 4.56. The van der Waals surface area contributed by atoms with E-state index in [0.717, 1.165) is 11.1 Å². The molecule has 44 heavy (non-hydrogen) atoms. The van der Waals surface area contributed by atoms with Gasteiger partial charge in [0.15, 0.2) is 11.7 Å². The molecule has 0 saturated heterocycles. The van der Waals surface area contributed by atoms with E-state index in [2.05, 4.69) is 15.2 Å². The van der Waals surface area contributed by atoms with E-state index >= 15 is 0 Å². The number of amidine groups is 2. The number of carbonyl (C=O) groups excluding carboxylic acids is 2. The van der Waals surface area contributed by atoms with Crippen LogP contribution < -0.4 is 11.5 Å². The Kier molecular flexibility index (Phi) is 13.2. The first kappa shape index (κ1) is 36.5. The van der Waals surface area contributed by atoms with Gasteiger partial charge in [-0.2, -0.15) is 0 Å². The number of likely N-dealkylation sites (N-methyl/N-ethyl adjacent to an activating group) is 1. The van der Waals surface area contributed by atoms with Crippen LogP contribution in [0.15, 0.2) is 52.8 Å². The predicted molar refractivity (Wildman–Crippen MR) is 173 cm³/mol. The molecule has 0 bridgehead atoms. The Bertz CT molecular complexity index is 1330. The second-order valence-corrected chi connectivity index (χ2v) is 13.5. The normalized spacial score (nSPS) is 13.7. The zero-order valence-electron chi connectivity index (χ0n) is 27.1. The molecule has 0 saturated carbocycles. The molecule has 0 aliphatic rings. The SMILES string of the molecule is CN(CCC(C(=O)ON=C(N)c1ccc(Cl)c(CN(C)CC(=O)OC(C)(C)C)c1)C(C)(C)C)Cc1ccc(C(N)=NO)cc1. The van der Waals surface area contributed by atoms with Crippen molar-refractivity contribution in [3.05, 3.63) is 69.7 Å². The lowest BCUT2D eigenvalue weighted by atomic mass is 9.78. The van der Waals surface area contributed by atoms with Crippen molar-refractivity contribution in [2.24, 2.45) is 33.1 Å². The van der Waals surface area contributed by atoms with E-state index in [1.807, 2.05) is 60.7 Å². The summed E-state index contributed by atoms with van der Waals surface area (Å²) in [7, 11) is 3.76. The van der Waals surface area contributed by atoms with Crippen molar-refractivity contribution in [3.8, 4) is 0 Å². The maximum Gasteiger partial charge on any atom is 0.338 e. The first-order valence-corrected chi connectivity index (χ1v) is 14.8. The van der Waals surface area contributed by atoms with Crippen molar-refractivity contribution in [3.63, 3.8) is 0 Å². The highest BCUT2D eigenvalue weighted by Gasteiger charge is 2.33. The van der Waals surface area contributed by atoms with Crippen LogP contribution in [0.3, 0.4) is 0 Å². The van der Waals surface area contributed by atoms with Gasteiger partial charge in [0.05, 0.1) is 12.5 Å². The van der Waals surface area contributed by atoms with E-state index in [-0.39, 0.29) is 29.6 Å². The molecule has 2 aromatic rings. The lowest BCUT2D eigenvalue weighted by molar-refractivity contribution is -0.156. The summed E-state index contributed by atoms with van der Waals surface area (Å²) in [4.78, 5) is 34.6. The quantitative estimate of drug-likeness (QED) is 0.0721.